The van der Waals surface area contributed by atoms with E-state index in [4.69, 9.17) is 0 Å². The fourth-order valence-electron chi connectivity index (χ4n) is 3.82. The molecule has 1 amide bonds. The molecule has 1 aromatic rings. The third kappa shape index (κ3) is 5.93. The molecule has 2 aliphatic rings. The fourth-order valence-corrected chi connectivity index (χ4v) is 3.82. The van der Waals surface area contributed by atoms with E-state index in [2.05, 4.69) is 21.2 Å². The smallest absolute Gasteiger partial charge is 0.234 e. The van der Waals surface area contributed by atoms with Gasteiger partial charge in [0.1, 0.15) is 0 Å². The Morgan fingerprint density at radius 2 is 1.78 bits per heavy atom. The number of hydrogen-bond acceptors (Lipinski definition) is 4. The molecule has 27 heavy (non-hydrogen) atoms. The molecule has 0 bridgehead atoms. The van der Waals surface area contributed by atoms with Crippen LogP contribution in [0, 0.1) is 0 Å². The first-order valence-corrected chi connectivity index (χ1v) is 10.1. The molecule has 1 fully saturated rings. The lowest BCUT2D eigenvalue weighted by atomic mass is 9.97. The van der Waals surface area contributed by atoms with Gasteiger partial charge in [0.05, 0.1) is 6.54 Å². The number of ketones is 1. The number of nitrogens with one attached hydrogen (secondary N) is 1. The highest BCUT2D eigenvalue weighted by Gasteiger charge is 2.19. The first-order chi connectivity index (χ1) is 13.1. The molecule has 1 N–H and O–H groups in total. The van der Waals surface area contributed by atoms with Crippen LogP contribution in [0.1, 0.15) is 49.4 Å². The van der Waals surface area contributed by atoms with Gasteiger partial charge in [-0.3, -0.25) is 14.5 Å². The van der Waals surface area contributed by atoms with Crippen molar-refractivity contribution in [2.24, 2.45) is 0 Å². The molecule has 146 valence electrons. The van der Waals surface area contributed by atoms with Gasteiger partial charge in [-0.1, -0.05) is 11.6 Å². The monoisotopic (exact) mass is 369 g/mol. The van der Waals surface area contributed by atoms with E-state index in [9.17, 15) is 9.59 Å². The highest BCUT2D eigenvalue weighted by atomic mass is 16.2. The maximum Gasteiger partial charge on any atom is 0.234 e. The number of benzene rings is 1. The molecular formula is C22H31N3O2. The lowest BCUT2D eigenvalue weighted by Crippen LogP contribution is -2.49. The lowest BCUT2D eigenvalue weighted by molar-refractivity contribution is -0.122. The zero-order valence-corrected chi connectivity index (χ0v) is 16.4. The number of anilines is 1. The Labute approximate surface area is 162 Å². The van der Waals surface area contributed by atoms with E-state index >= 15 is 0 Å². The Kier molecular flexibility index (Phi) is 7.04. The van der Waals surface area contributed by atoms with E-state index in [0.717, 1.165) is 50.4 Å². The summed E-state index contributed by atoms with van der Waals surface area (Å²) < 4.78 is 0. The van der Waals surface area contributed by atoms with Crippen LogP contribution in [0.15, 0.2) is 35.9 Å². The molecule has 0 atom stereocenters. The first kappa shape index (κ1) is 19.6. The average molecular weight is 370 g/mol. The van der Waals surface area contributed by atoms with E-state index in [1.54, 1.807) is 6.92 Å². The number of rotatable bonds is 7. The number of allylic oxidation sites excluding steroid dienone is 1. The minimum Gasteiger partial charge on any atom is -0.369 e. The largest absolute Gasteiger partial charge is 0.369 e. The molecule has 1 aliphatic carbocycles. The summed E-state index contributed by atoms with van der Waals surface area (Å²) in [6, 6.07) is 7.80. The summed E-state index contributed by atoms with van der Waals surface area (Å²) in [5.74, 6) is 0.225. The van der Waals surface area contributed by atoms with Crippen molar-refractivity contribution >= 4 is 17.4 Å². The minimum absolute atomic E-state index is 0.0946. The Morgan fingerprint density at radius 1 is 1.04 bits per heavy atom. The minimum atomic E-state index is 0.0946. The van der Waals surface area contributed by atoms with Crippen molar-refractivity contribution in [2.75, 3.05) is 44.2 Å². The number of nitrogens with zero attached hydrogens (tertiary/aromatic N) is 2. The van der Waals surface area contributed by atoms with Crippen molar-refractivity contribution in [1.29, 1.82) is 0 Å². The summed E-state index contributed by atoms with van der Waals surface area (Å²) in [5.41, 5.74) is 3.40. The maximum absolute atomic E-state index is 12.2. The molecule has 0 radical (unpaired) electrons. The van der Waals surface area contributed by atoms with Crippen molar-refractivity contribution in [3.63, 3.8) is 0 Å². The summed E-state index contributed by atoms with van der Waals surface area (Å²) in [6.45, 7) is 6.40. The predicted octanol–water partition coefficient (Wildman–Crippen LogP) is 3.02. The molecule has 1 saturated heterocycles. The standard InChI is InChI=1S/C22H31N3O2/c1-18(26)20-7-9-21(10-8-20)25-15-13-24(14-16-25)17-22(27)23-12-11-19-5-3-2-4-6-19/h5,7-10H,2-4,6,11-17H2,1H3,(H,23,27). The van der Waals surface area contributed by atoms with Crippen LogP contribution in [-0.4, -0.2) is 55.9 Å². The average Bonchev–Trinajstić information content (AvgIpc) is 2.69. The second kappa shape index (κ2) is 9.70. The molecule has 1 aromatic carbocycles. The van der Waals surface area contributed by atoms with Crippen LogP contribution in [0.2, 0.25) is 0 Å². The van der Waals surface area contributed by atoms with Gasteiger partial charge in [0.25, 0.3) is 0 Å². The van der Waals surface area contributed by atoms with Gasteiger partial charge in [0.2, 0.25) is 5.91 Å². The normalized spacial score (nSPS) is 18.1. The van der Waals surface area contributed by atoms with Crippen LogP contribution in [0.4, 0.5) is 5.69 Å². The highest BCUT2D eigenvalue weighted by Crippen LogP contribution is 2.19. The van der Waals surface area contributed by atoms with E-state index in [1.807, 2.05) is 24.3 Å². The third-order valence-electron chi connectivity index (χ3n) is 5.53. The third-order valence-corrected chi connectivity index (χ3v) is 5.53. The number of hydrogen-bond donors (Lipinski definition) is 1. The van der Waals surface area contributed by atoms with Crippen LogP contribution < -0.4 is 10.2 Å². The van der Waals surface area contributed by atoms with Gasteiger partial charge in [0, 0.05) is 44.0 Å². The second-order valence-electron chi connectivity index (χ2n) is 7.57. The van der Waals surface area contributed by atoms with Gasteiger partial charge in [-0.15, -0.1) is 0 Å². The van der Waals surface area contributed by atoms with Crippen LogP contribution in [0.3, 0.4) is 0 Å². The Bertz CT molecular complexity index is 673. The number of carbonyl (C=O) groups is 2. The SMILES string of the molecule is CC(=O)c1ccc(N2CCN(CC(=O)NCCC3=CCCCC3)CC2)cc1. The number of amides is 1. The lowest BCUT2D eigenvalue weighted by Gasteiger charge is -2.35. The van der Waals surface area contributed by atoms with Crippen LogP contribution >= 0.6 is 0 Å². The van der Waals surface area contributed by atoms with Crippen LogP contribution in [-0.2, 0) is 4.79 Å². The molecule has 1 heterocycles. The van der Waals surface area contributed by atoms with Crippen LogP contribution in [0.5, 0.6) is 0 Å². The zero-order chi connectivity index (χ0) is 19.1. The van der Waals surface area contributed by atoms with E-state index in [-0.39, 0.29) is 11.7 Å². The molecule has 0 aromatic heterocycles. The Hall–Kier alpha value is -2.14. The number of Topliss-reactive ketones (excluding diaryl/α,β-unsaturated/α-hetero) is 1. The van der Waals surface area contributed by atoms with E-state index < -0.39 is 0 Å². The quantitative estimate of drug-likeness (QED) is 0.593. The van der Waals surface area contributed by atoms with Gasteiger partial charge in [-0.05, 0) is 63.3 Å². The van der Waals surface area contributed by atoms with Crippen molar-refractivity contribution < 1.29 is 9.59 Å². The summed E-state index contributed by atoms with van der Waals surface area (Å²) >= 11 is 0. The molecular weight excluding hydrogens is 338 g/mol. The number of carbonyl (C=O) groups excluding carboxylic acids is 2. The van der Waals surface area contributed by atoms with E-state index in [0.29, 0.717) is 6.54 Å². The number of piperazine rings is 1. The maximum atomic E-state index is 12.2. The van der Waals surface area contributed by atoms with Crippen molar-refractivity contribution in [3.8, 4) is 0 Å². The molecule has 1 aliphatic heterocycles. The van der Waals surface area contributed by atoms with Gasteiger partial charge in [0.15, 0.2) is 5.78 Å². The molecule has 0 unspecified atom stereocenters. The topological polar surface area (TPSA) is 52.7 Å². The van der Waals surface area contributed by atoms with Crippen molar-refractivity contribution in [1.82, 2.24) is 10.2 Å². The Balaban J connectivity index is 1.36. The second-order valence-corrected chi connectivity index (χ2v) is 7.57. The van der Waals surface area contributed by atoms with Gasteiger partial charge >= 0.3 is 0 Å². The zero-order valence-electron chi connectivity index (χ0n) is 16.4. The van der Waals surface area contributed by atoms with Crippen LogP contribution in [0.25, 0.3) is 0 Å². The highest BCUT2D eigenvalue weighted by molar-refractivity contribution is 5.94. The van der Waals surface area contributed by atoms with Crippen molar-refractivity contribution in [3.05, 3.63) is 41.5 Å². The molecule has 5 nitrogen and oxygen atoms in total. The molecule has 0 saturated carbocycles. The first-order valence-electron chi connectivity index (χ1n) is 10.1. The van der Waals surface area contributed by atoms with Crippen molar-refractivity contribution in [2.45, 2.75) is 39.0 Å². The molecule has 0 spiro atoms. The summed E-state index contributed by atoms with van der Waals surface area (Å²) in [7, 11) is 0. The predicted molar refractivity (Wildman–Crippen MR) is 109 cm³/mol. The summed E-state index contributed by atoms with van der Waals surface area (Å²) in [6.07, 6.45) is 8.34. The summed E-state index contributed by atoms with van der Waals surface area (Å²) in [5, 5.41) is 3.07. The summed E-state index contributed by atoms with van der Waals surface area (Å²) in [4.78, 5) is 28.1. The molecule has 3 rings (SSSR count). The fraction of sp³-hybridized carbons (Fsp3) is 0.545. The van der Waals surface area contributed by atoms with Gasteiger partial charge in [-0.2, -0.15) is 0 Å². The van der Waals surface area contributed by atoms with E-state index in [1.165, 1.54) is 31.3 Å². The Morgan fingerprint density at radius 3 is 2.41 bits per heavy atom. The van der Waals surface area contributed by atoms with Gasteiger partial charge < -0.3 is 10.2 Å². The molecule has 5 heteroatoms. The van der Waals surface area contributed by atoms with Gasteiger partial charge in [-0.25, -0.2) is 0 Å².